The SMILES string of the molecule is C/C=C1/NC(=O)CC[C@H](C(=O)O)NC(=O)[C@@H](C)C(/C=C/C(C)=C/[C@H](C)[C@H](Cc2ccccc2)OC)NC(=O)C(Cc2ccc(O)cc2)NC(=O)CC(C(=O)O)NC(=O)[C@H](CCc2ccc(O)cc2)NC(=O)[C@H](C)NC1=O. The van der Waals surface area contributed by atoms with Crippen molar-refractivity contribution in [2.24, 2.45) is 11.8 Å². The number of ether oxygens (including phenoxy) is 1. The van der Waals surface area contributed by atoms with Crippen LogP contribution in [0.25, 0.3) is 0 Å². The van der Waals surface area contributed by atoms with E-state index in [1.807, 2.05) is 43.3 Å². The van der Waals surface area contributed by atoms with Gasteiger partial charge in [-0.2, -0.15) is 0 Å². The minimum Gasteiger partial charge on any atom is -0.508 e. The minimum atomic E-state index is -1.92. The zero-order valence-corrected chi connectivity index (χ0v) is 43.3. The Morgan fingerprint density at radius 3 is 1.88 bits per heavy atom. The fraction of sp³-hybridized carbons (Fsp3) is 0.400. The number of carboxylic acid groups (broad SMARTS) is 2. The number of carbonyl (C=O) groups excluding carboxylic acids is 7. The van der Waals surface area contributed by atoms with E-state index in [2.05, 4.69) is 37.2 Å². The molecule has 9 atom stereocenters. The van der Waals surface area contributed by atoms with Crippen LogP contribution in [0.3, 0.4) is 0 Å². The molecule has 21 nitrogen and oxygen atoms in total. The number of rotatable bonds is 14. The number of methoxy groups -OCH3 is 1. The van der Waals surface area contributed by atoms with Gasteiger partial charge < -0.3 is 62.4 Å². The van der Waals surface area contributed by atoms with E-state index in [1.165, 1.54) is 69.3 Å². The largest absolute Gasteiger partial charge is 0.508 e. The number of allylic oxidation sites excluding steroid dienone is 3. The Hall–Kier alpha value is -8.33. The second kappa shape index (κ2) is 29.5. The first-order valence-corrected chi connectivity index (χ1v) is 24.8. The quantitative estimate of drug-likeness (QED) is 0.0817. The van der Waals surface area contributed by atoms with Crippen LogP contribution in [0.5, 0.6) is 11.5 Å². The van der Waals surface area contributed by atoms with Gasteiger partial charge in [0.25, 0.3) is 5.91 Å². The molecule has 1 heterocycles. The number of nitrogens with one attached hydrogen (secondary N) is 7. The molecule has 4 rings (SSSR count). The maximum Gasteiger partial charge on any atom is 0.326 e. The fourth-order valence-electron chi connectivity index (χ4n) is 8.11. The fourth-order valence-corrected chi connectivity index (χ4v) is 8.11. The molecule has 7 amide bonds. The third-order valence-electron chi connectivity index (χ3n) is 12.7. The van der Waals surface area contributed by atoms with Gasteiger partial charge in [0.2, 0.25) is 35.4 Å². The van der Waals surface area contributed by atoms with E-state index >= 15 is 0 Å². The molecule has 76 heavy (non-hydrogen) atoms. The number of hydrogen-bond donors (Lipinski definition) is 11. The zero-order chi connectivity index (χ0) is 56.1. The summed E-state index contributed by atoms with van der Waals surface area (Å²) in [6, 6.07) is 12.3. The molecule has 408 valence electrons. The van der Waals surface area contributed by atoms with Crippen molar-refractivity contribution >= 4 is 53.3 Å². The number of carbonyl (C=O) groups is 9. The molecule has 11 N–H and O–H groups in total. The van der Waals surface area contributed by atoms with Gasteiger partial charge in [0.15, 0.2) is 0 Å². The molecular formula is C55H69N7O14. The monoisotopic (exact) mass is 1050 g/mol. The summed E-state index contributed by atoms with van der Waals surface area (Å²) in [7, 11) is 1.61. The number of aryl methyl sites for hydroxylation is 1. The number of aromatic hydroxyl groups is 2. The lowest BCUT2D eigenvalue weighted by Crippen LogP contribution is -2.57. The van der Waals surface area contributed by atoms with Crippen molar-refractivity contribution in [2.45, 2.75) is 122 Å². The van der Waals surface area contributed by atoms with Crippen LogP contribution in [0.15, 0.2) is 114 Å². The molecule has 0 radical (unpaired) electrons. The number of carboxylic acids is 2. The van der Waals surface area contributed by atoms with Crippen LogP contribution in [0.4, 0.5) is 0 Å². The number of amides is 7. The normalized spacial score (nSPS) is 23.8. The van der Waals surface area contributed by atoms with Crippen LogP contribution in [0.1, 0.15) is 77.0 Å². The summed E-state index contributed by atoms with van der Waals surface area (Å²) in [6.45, 7) is 7.88. The van der Waals surface area contributed by atoms with Crippen molar-refractivity contribution in [1.82, 2.24) is 37.2 Å². The Kier molecular flexibility index (Phi) is 23.4. The maximum absolute atomic E-state index is 14.5. The molecule has 1 saturated heterocycles. The van der Waals surface area contributed by atoms with Crippen molar-refractivity contribution in [3.05, 3.63) is 131 Å². The Morgan fingerprint density at radius 2 is 1.29 bits per heavy atom. The highest BCUT2D eigenvalue weighted by Crippen LogP contribution is 2.19. The highest BCUT2D eigenvalue weighted by atomic mass is 16.5. The second-order valence-electron chi connectivity index (χ2n) is 18.7. The first-order valence-electron chi connectivity index (χ1n) is 24.8. The van der Waals surface area contributed by atoms with E-state index in [9.17, 15) is 63.6 Å². The molecule has 0 saturated carbocycles. The van der Waals surface area contributed by atoms with E-state index < -0.39 is 115 Å². The summed E-state index contributed by atoms with van der Waals surface area (Å²) in [4.78, 5) is 122. The Labute approximate surface area is 441 Å². The molecule has 3 aromatic carbocycles. The van der Waals surface area contributed by atoms with Crippen molar-refractivity contribution in [3.8, 4) is 11.5 Å². The van der Waals surface area contributed by atoms with Crippen molar-refractivity contribution in [1.29, 1.82) is 0 Å². The summed E-state index contributed by atoms with van der Waals surface area (Å²) < 4.78 is 5.82. The van der Waals surface area contributed by atoms with Gasteiger partial charge in [-0.05, 0) is 87.4 Å². The summed E-state index contributed by atoms with van der Waals surface area (Å²) in [6.07, 6.45) is 4.61. The molecule has 0 aliphatic carbocycles. The molecule has 0 aromatic heterocycles. The van der Waals surface area contributed by atoms with Gasteiger partial charge in [-0.25, -0.2) is 9.59 Å². The second-order valence-corrected chi connectivity index (χ2v) is 18.7. The molecular weight excluding hydrogens is 983 g/mol. The molecule has 21 heteroatoms. The van der Waals surface area contributed by atoms with Crippen molar-refractivity contribution < 1.29 is 68.3 Å². The van der Waals surface area contributed by atoms with E-state index in [4.69, 9.17) is 4.74 Å². The topological polar surface area (TPSA) is 328 Å². The number of phenolic OH excluding ortho intramolecular Hbond substituents is 2. The summed E-state index contributed by atoms with van der Waals surface area (Å²) >= 11 is 0. The van der Waals surface area contributed by atoms with Gasteiger partial charge >= 0.3 is 11.9 Å². The Morgan fingerprint density at radius 1 is 0.697 bits per heavy atom. The summed E-state index contributed by atoms with van der Waals surface area (Å²) in [5.41, 5.74) is 2.50. The molecule has 3 aromatic rings. The molecule has 3 unspecified atom stereocenters. The minimum absolute atomic E-state index is 0.0285. The van der Waals surface area contributed by atoms with Crippen LogP contribution < -0.4 is 37.2 Å². The van der Waals surface area contributed by atoms with E-state index in [0.717, 1.165) is 5.56 Å². The van der Waals surface area contributed by atoms with Crippen molar-refractivity contribution in [3.63, 3.8) is 0 Å². The predicted octanol–water partition coefficient (Wildman–Crippen LogP) is 2.61. The smallest absolute Gasteiger partial charge is 0.326 e. The number of aliphatic carboxylic acids is 2. The van der Waals surface area contributed by atoms with Crippen LogP contribution in [-0.2, 0) is 67.2 Å². The summed E-state index contributed by atoms with van der Waals surface area (Å²) in [5, 5.41) is 57.7. The standard InChI is InChI=1S/C55H69N7O14/c1-7-40-51(69)56-34(5)50(68)60-42(24-18-35-14-19-38(63)20-15-35)52(70)62-45(55(74)75)30-48(66)58-44(28-37-16-21-39(64)22-17-37)53(71)59-41(33(4)49(67)61-43(54(72)73)25-26-47(65)57-40)23-13-31(2)27-32(3)46(76-6)29-36-11-9-8-10-12-36/h7-17,19-23,27,32-34,41-46,63-64H,18,24-26,28-30H2,1-6H3,(H,56,69)(H,57,65)(H,58,66)(H,59,71)(H,60,68)(H,61,67)(H,62,70)(H,72,73)(H,74,75)/b23-13+,31-27+,40-7+/t32-,33-,34-,41?,42-,43+,44?,45?,46-/m0/s1. The predicted molar refractivity (Wildman–Crippen MR) is 279 cm³/mol. The van der Waals surface area contributed by atoms with Crippen LogP contribution in [0.2, 0.25) is 0 Å². The molecule has 1 aliphatic rings. The molecule has 0 bridgehead atoms. The lowest BCUT2D eigenvalue weighted by atomic mass is 9.94. The van der Waals surface area contributed by atoms with Crippen LogP contribution >= 0.6 is 0 Å². The highest BCUT2D eigenvalue weighted by molar-refractivity contribution is 6.00. The van der Waals surface area contributed by atoms with Gasteiger partial charge in [0, 0.05) is 25.9 Å². The third-order valence-corrected chi connectivity index (χ3v) is 12.7. The third kappa shape index (κ3) is 19.5. The maximum atomic E-state index is 14.5. The molecule has 1 aliphatic heterocycles. The molecule has 1 fully saturated rings. The number of phenols is 2. The number of benzene rings is 3. The van der Waals surface area contributed by atoms with Crippen molar-refractivity contribution in [2.75, 3.05) is 7.11 Å². The van der Waals surface area contributed by atoms with Gasteiger partial charge in [-0.15, -0.1) is 0 Å². The number of hydrogen-bond acceptors (Lipinski definition) is 12. The average Bonchev–Trinajstić information content (AvgIpc) is 3.38. The van der Waals surface area contributed by atoms with Crippen LogP contribution in [-0.4, -0.2) is 123 Å². The molecule has 0 spiro atoms. The lowest BCUT2D eigenvalue weighted by molar-refractivity contribution is -0.144. The highest BCUT2D eigenvalue weighted by Gasteiger charge is 2.34. The van der Waals surface area contributed by atoms with Gasteiger partial charge in [0.1, 0.15) is 47.4 Å². The lowest BCUT2D eigenvalue weighted by Gasteiger charge is -2.27. The first kappa shape index (κ1) is 60.2. The Balaban J connectivity index is 1.76. The first-order chi connectivity index (χ1) is 36.1. The Bertz CT molecular complexity index is 2620. The summed E-state index contributed by atoms with van der Waals surface area (Å²) in [5.74, 6) is -11.0. The van der Waals surface area contributed by atoms with Gasteiger partial charge in [0.05, 0.1) is 24.5 Å². The average molecular weight is 1050 g/mol. The van der Waals surface area contributed by atoms with Gasteiger partial charge in [-0.1, -0.05) is 98.3 Å². The van der Waals surface area contributed by atoms with Gasteiger partial charge in [-0.3, -0.25) is 33.6 Å². The van der Waals surface area contributed by atoms with E-state index in [0.29, 0.717) is 23.1 Å². The zero-order valence-electron chi connectivity index (χ0n) is 43.3. The van der Waals surface area contributed by atoms with E-state index in [-0.39, 0.29) is 48.5 Å². The van der Waals surface area contributed by atoms with Crippen LogP contribution in [0, 0.1) is 11.8 Å². The van der Waals surface area contributed by atoms with E-state index in [1.54, 1.807) is 32.2 Å².